The first-order chi connectivity index (χ1) is 15.2. The molecule has 0 amide bonds. The van der Waals surface area contributed by atoms with E-state index in [1.54, 1.807) is 20.5 Å². The van der Waals surface area contributed by atoms with Gasteiger partial charge in [-0.15, -0.1) is 0 Å². The molecule has 4 rings (SSSR count). The van der Waals surface area contributed by atoms with E-state index in [0.29, 0.717) is 43.2 Å². The summed E-state index contributed by atoms with van der Waals surface area (Å²) in [6.45, 7) is 3.16. The minimum atomic E-state index is -0.323. The van der Waals surface area contributed by atoms with Crippen molar-refractivity contribution in [2.24, 2.45) is 0 Å². The van der Waals surface area contributed by atoms with Gasteiger partial charge in [-0.2, -0.15) is 0 Å². The molecule has 10 nitrogen and oxygen atoms in total. The molecule has 3 aromatic rings. The van der Waals surface area contributed by atoms with Gasteiger partial charge in [-0.3, -0.25) is 9.47 Å². The van der Waals surface area contributed by atoms with Crippen molar-refractivity contribution in [2.75, 3.05) is 52.4 Å². The topological polar surface area (TPSA) is 107 Å². The van der Waals surface area contributed by atoms with E-state index in [9.17, 15) is 5.11 Å². The molecule has 2 atom stereocenters. The molecule has 1 aliphatic rings. The van der Waals surface area contributed by atoms with Crippen LogP contribution in [0.1, 0.15) is 11.8 Å². The summed E-state index contributed by atoms with van der Waals surface area (Å²) in [6.07, 6.45) is 2.61. The van der Waals surface area contributed by atoms with Crippen molar-refractivity contribution in [3.8, 4) is 5.75 Å². The van der Waals surface area contributed by atoms with Crippen LogP contribution in [0.4, 0.5) is 5.82 Å². The maximum atomic E-state index is 9.80. The SMILES string of the molecule is COCCNc1ncnc2c1ncn2[C@H]1CN(Cc2ccc(OC)cc2)C[C@@H](CO)O1. The number of nitrogens with one attached hydrogen (secondary N) is 1. The molecule has 0 saturated carbocycles. The summed E-state index contributed by atoms with van der Waals surface area (Å²) < 4.78 is 18.4. The van der Waals surface area contributed by atoms with Crippen molar-refractivity contribution in [3.05, 3.63) is 42.5 Å². The van der Waals surface area contributed by atoms with Gasteiger partial charge in [0.2, 0.25) is 0 Å². The standard InChI is InChI=1S/C21H28N6O4/c1-29-8-7-22-20-19-21(24-13-23-20)27(14-25-19)18-11-26(10-17(12-28)31-18)9-15-3-5-16(30-2)6-4-15/h3-6,13-14,17-18,28H,7-12H2,1-2H3,(H,22,23,24)/t17-,18+/m0/s1. The lowest BCUT2D eigenvalue weighted by molar-refractivity contribution is -0.135. The number of methoxy groups -OCH3 is 2. The van der Waals surface area contributed by atoms with Gasteiger partial charge in [0.05, 0.1) is 32.8 Å². The number of nitrogens with zero attached hydrogens (tertiary/aromatic N) is 5. The number of fused-ring (bicyclic) bond motifs is 1. The third kappa shape index (κ3) is 4.93. The van der Waals surface area contributed by atoms with Crippen molar-refractivity contribution in [1.29, 1.82) is 0 Å². The number of morpholine rings is 1. The molecule has 0 bridgehead atoms. The molecule has 1 aromatic carbocycles. The normalized spacial score (nSPS) is 19.6. The zero-order chi connectivity index (χ0) is 21.6. The first-order valence-corrected chi connectivity index (χ1v) is 10.2. The summed E-state index contributed by atoms with van der Waals surface area (Å²) in [5.74, 6) is 1.49. The highest BCUT2D eigenvalue weighted by Crippen LogP contribution is 2.26. The van der Waals surface area contributed by atoms with Gasteiger partial charge in [0.25, 0.3) is 0 Å². The molecule has 31 heavy (non-hydrogen) atoms. The van der Waals surface area contributed by atoms with Crippen molar-refractivity contribution in [1.82, 2.24) is 24.4 Å². The van der Waals surface area contributed by atoms with Crippen LogP contribution in [0, 0.1) is 0 Å². The lowest BCUT2D eigenvalue weighted by Gasteiger charge is -2.37. The van der Waals surface area contributed by atoms with Gasteiger partial charge < -0.3 is 24.6 Å². The fraction of sp³-hybridized carbons (Fsp3) is 0.476. The summed E-state index contributed by atoms with van der Waals surface area (Å²) in [5, 5.41) is 13.0. The van der Waals surface area contributed by atoms with Gasteiger partial charge in [0.15, 0.2) is 17.0 Å². The molecule has 2 N–H and O–H groups in total. The van der Waals surface area contributed by atoms with Gasteiger partial charge in [0, 0.05) is 33.3 Å². The van der Waals surface area contributed by atoms with E-state index >= 15 is 0 Å². The van der Waals surface area contributed by atoms with Crippen molar-refractivity contribution in [3.63, 3.8) is 0 Å². The molecule has 0 aliphatic carbocycles. The number of anilines is 1. The summed E-state index contributed by atoms with van der Waals surface area (Å²) in [4.78, 5) is 15.5. The molecule has 2 aromatic heterocycles. The minimum absolute atomic E-state index is 0.0545. The molecular formula is C21H28N6O4. The summed E-state index contributed by atoms with van der Waals surface area (Å²) in [5.41, 5.74) is 2.53. The van der Waals surface area contributed by atoms with Crippen LogP contribution in [0.5, 0.6) is 5.75 Å². The van der Waals surface area contributed by atoms with Gasteiger partial charge in [-0.05, 0) is 17.7 Å². The summed E-state index contributed by atoms with van der Waals surface area (Å²) in [7, 11) is 3.31. The Bertz CT molecular complexity index is 980. The molecule has 1 aliphatic heterocycles. The fourth-order valence-electron chi connectivity index (χ4n) is 3.73. The smallest absolute Gasteiger partial charge is 0.167 e. The highest BCUT2D eigenvalue weighted by molar-refractivity contribution is 5.82. The Morgan fingerprint density at radius 2 is 2.00 bits per heavy atom. The van der Waals surface area contributed by atoms with Crippen LogP contribution in [0.15, 0.2) is 36.9 Å². The Balaban J connectivity index is 1.53. The van der Waals surface area contributed by atoms with Crippen LogP contribution in [0.2, 0.25) is 0 Å². The molecular weight excluding hydrogens is 400 g/mol. The van der Waals surface area contributed by atoms with Gasteiger partial charge >= 0.3 is 0 Å². The van der Waals surface area contributed by atoms with Crippen LogP contribution in [-0.4, -0.2) is 82.7 Å². The Morgan fingerprint density at radius 1 is 1.16 bits per heavy atom. The van der Waals surface area contributed by atoms with Crippen LogP contribution in [0.3, 0.4) is 0 Å². The van der Waals surface area contributed by atoms with Gasteiger partial charge in [-0.1, -0.05) is 12.1 Å². The number of hydrogen-bond donors (Lipinski definition) is 2. The monoisotopic (exact) mass is 428 g/mol. The second kappa shape index (κ2) is 10.0. The lowest BCUT2D eigenvalue weighted by Crippen LogP contribution is -2.46. The number of rotatable bonds is 9. The third-order valence-electron chi connectivity index (χ3n) is 5.26. The average Bonchev–Trinajstić information content (AvgIpc) is 3.24. The van der Waals surface area contributed by atoms with E-state index in [-0.39, 0.29) is 18.9 Å². The Kier molecular flexibility index (Phi) is 6.92. The van der Waals surface area contributed by atoms with E-state index < -0.39 is 0 Å². The number of aliphatic hydroxyl groups excluding tert-OH is 1. The van der Waals surface area contributed by atoms with E-state index in [1.807, 2.05) is 16.7 Å². The van der Waals surface area contributed by atoms with Crippen molar-refractivity contribution >= 4 is 17.0 Å². The maximum Gasteiger partial charge on any atom is 0.167 e. The maximum absolute atomic E-state index is 9.80. The molecule has 1 fully saturated rings. The van der Waals surface area contributed by atoms with E-state index in [1.165, 1.54) is 11.9 Å². The fourth-order valence-corrected chi connectivity index (χ4v) is 3.73. The summed E-state index contributed by atoms with van der Waals surface area (Å²) >= 11 is 0. The largest absolute Gasteiger partial charge is 0.497 e. The first kappa shape index (κ1) is 21.4. The molecule has 0 radical (unpaired) electrons. The van der Waals surface area contributed by atoms with E-state index in [4.69, 9.17) is 14.2 Å². The molecule has 1 saturated heterocycles. The highest BCUT2D eigenvalue weighted by Gasteiger charge is 2.30. The number of hydrogen-bond acceptors (Lipinski definition) is 9. The van der Waals surface area contributed by atoms with Gasteiger partial charge in [-0.25, -0.2) is 15.0 Å². The number of ether oxygens (including phenoxy) is 3. The first-order valence-electron chi connectivity index (χ1n) is 10.2. The molecule has 166 valence electrons. The second-order valence-corrected chi connectivity index (χ2v) is 7.40. The number of benzene rings is 1. The van der Waals surface area contributed by atoms with Crippen molar-refractivity contribution < 1.29 is 19.3 Å². The number of aromatic nitrogens is 4. The average molecular weight is 428 g/mol. The lowest BCUT2D eigenvalue weighted by atomic mass is 10.1. The van der Waals surface area contributed by atoms with Crippen LogP contribution >= 0.6 is 0 Å². The molecule has 10 heteroatoms. The zero-order valence-electron chi connectivity index (χ0n) is 17.8. The van der Waals surface area contributed by atoms with E-state index in [0.717, 1.165) is 12.3 Å². The van der Waals surface area contributed by atoms with Crippen molar-refractivity contribution in [2.45, 2.75) is 18.9 Å². The Labute approximate surface area is 180 Å². The van der Waals surface area contributed by atoms with E-state index in [2.05, 4.69) is 37.3 Å². The number of aliphatic hydroxyl groups is 1. The second-order valence-electron chi connectivity index (χ2n) is 7.40. The molecule has 0 unspecified atom stereocenters. The Morgan fingerprint density at radius 3 is 2.74 bits per heavy atom. The molecule has 3 heterocycles. The third-order valence-corrected chi connectivity index (χ3v) is 5.26. The summed E-state index contributed by atoms with van der Waals surface area (Å²) in [6, 6.07) is 8.01. The minimum Gasteiger partial charge on any atom is -0.497 e. The van der Waals surface area contributed by atoms with Crippen LogP contribution < -0.4 is 10.1 Å². The predicted molar refractivity (Wildman–Crippen MR) is 115 cm³/mol. The predicted octanol–water partition coefficient (Wildman–Crippen LogP) is 1.29. The molecule has 0 spiro atoms. The highest BCUT2D eigenvalue weighted by atomic mass is 16.5. The van der Waals surface area contributed by atoms with Crippen LogP contribution in [0.25, 0.3) is 11.2 Å². The number of imidazole rings is 1. The van der Waals surface area contributed by atoms with Gasteiger partial charge in [0.1, 0.15) is 18.3 Å². The Hall–Kier alpha value is -2.79. The quantitative estimate of drug-likeness (QED) is 0.488. The zero-order valence-corrected chi connectivity index (χ0v) is 17.8. The van der Waals surface area contributed by atoms with Crippen LogP contribution in [-0.2, 0) is 16.0 Å².